The maximum absolute atomic E-state index is 12.5. The standard InChI is InChI=1S/C34H52O7/c1-19(11-10-12-20(2)30(38)39)24-17-27(37)34(9)29-23(13-16-33(24,34)8)32(7)15-14-28(41-22(4)36)31(5,6)26(32)18-25(29)40-21(3)35/h12,19,24-28,37H,10-11,13-18H2,1-9H3,(H,38,39)/b20-12+/t19-,24-,25?,26+,27?,28?,32-,33-,34+/m1/s1. The average Bonchev–Trinajstić information content (AvgIpc) is 3.07. The number of esters is 2. The molecule has 3 unspecified atom stereocenters. The number of aliphatic carboxylic acids is 1. The van der Waals surface area contributed by atoms with Crippen molar-refractivity contribution < 1.29 is 34.1 Å². The zero-order valence-corrected chi connectivity index (χ0v) is 26.6. The normalized spacial score (nSPS) is 40.6. The van der Waals surface area contributed by atoms with E-state index in [1.807, 2.05) is 0 Å². The molecule has 0 spiro atoms. The molecule has 0 aromatic rings. The highest BCUT2D eigenvalue weighted by molar-refractivity contribution is 5.85. The molecule has 0 aromatic carbocycles. The smallest absolute Gasteiger partial charge is 0.330 e. The fourth-order valence-corrected chi connectivity index (χ4v) is 10.1. The van der Waals surface area contributed by atoms with Crippen molar-refractivity contribution in [1.82, 2.24) is 0 Å². The number of fused-ring (bicyclic) bond motifs is 4. The quantitative estimate of drug-likeness (QED) is 0.200. The molecule has 0 bridgehead atoms. The van der Waals surface area contributed by atoms with Gasteiger partial charge in [0.25, 0.3) is 0 Å². The summed E-state index contributed by atoms with van der Waals surface area (Å²) in [6.07, 6.45) is 7.03. The van der Waals surface area contributed by atoms with Crippen LogP contribution in [-0.2, 0) is 23.9 Å². The summed E-state index contributed by atoms with van der Waals surface area (Å²) in [5.74, 6) is -0.747. The van der Waals surface area contributed by atoms with Gasteiger partial charge in [-0.15, -0.1) is 0 Å². The summed E-state index contributed by atoms with van der Waals surface area (Å²) in [6, 6.07) is 0. The maximum Gasteiger partial charge on any atom is 0.330 e. The van der Waals surface area contributed by atoms with Gasteiger partial charge in [-0.1, -0.05) is 53.2 Å². The van der Waals surface area contributed by atoms with E-state index < -0.39 is 23.6 Å². The molecule has 0 aliphatic heterocycles. The van der Waals surface area contributed by atoms with Gasteiger partial charge in [0.1, 0.15) is 12.2 Å². The number of carbonyl (C=O) groups is 3. The van der Waals surface area contributed by atoms with E-state index in [4.69, 9.17) is 9.47 Å². The van der Waals surface area contributed by atoms with E-state index in [0.29, 0.717) is 30.8 Å². The van der Waals surface area contributed by atoms with Crippen molar-refractivity contribution >= 4 is 17.9 Å². The van der Waals surface area contributed by atoms with E-state index in [0.717, 1.165) is 37.7 Å². The third-order valence-corrected chi connectivity index (χ3v) is 12.5. The van der Waals surface area contributed by atoms with Crippen LogP contribution >= 0.6 is 0 Å². The van der Waals surface area contributed by atoms with Gasteiger partial charge in [-0.05, 0) is 92.4 Å². The monoisotopic (exact) mass is 572 g/mol. The van der Waals surface area contributed by atoms with Gasteiger partial charge in [-0.2, -0.15) is 0 Å². The Hall–Kier alpha value is -2.15. The second-order valence-electron chi connectivity index (χ2n) is 14.9. The SMILES string of the molecule is CC(=O)OC1C[C@H]2C(C)(C)C(OC(C)=O)CC[C@]2(C)C2=C1[C@]1(C)C(O)C[C@H]([C@H](C)CC/C=C(\C)C(=O)O)[C@@]1(C)CC2. The molecule has 4 aliphatic rings. The molecule has 2 fully saturated rings. The molecule has 7 nitrogen and oxygen atoms in total. The summed E-state index contributed by atoms with van der Waals surface area (Å²) in [6.45, 7) is 18.1. The predicted molar refractivity (Wildman–Crippen MR) is 157 cm³/mol. The zero-order valence-electron chi connectivity index (χ0n) is 26.6. The minimum atomic E-state index is -0.883. The van der Waals surface area contributed by atoms with Crippen LogP contribution in [0.1, 0.15) is 114 Å². The maximum atomic E-state index is 12.5. The molecule has 2 saturated carbocycles. The molecule has 230 valence electrons. The molecule has 0 saturated heterocycles. The molecule has 2 N–H and O–H groups in total. The van der Waals surface area contributed by atoms with Crippen molar-refractivity contribution in [2.24, 2.45) is 39.4 Å². The Bertz CT molecular complexity index is 1150. The molecule has 7 heteroatoms. The highest BCUT2D eigenvalue weighted by atomic mass is 16.5. The van der Waals surface area contributed by atoms with Crippen LogP contribution in [0, 0.1) is 39.4 Å². The van der Waals surface area contributed by atoms with Gasteiger partial charge in [0.2, 0.25) is 0 Å². The number of carboxylic acid groups (broad SMARTS) is 1. The molecule has 9 atom stereocenters. The van der Waals surface area contributed by atoms with Gasteiger partial charge in [0.15, 0.2) is 0 Å². The van der Waals surface area contributed by atoms with Gasteiger partial charge in [-0.3, -0.25) is 9.59 Å². The van der Waals surface area contributed by atoms with Gasteiger partial charge in [0.05, 0.1) is 6.10 Å². The van der Waals surface area contributed by atoms with Crippen LogP contribution in [0.4, 0.5) is 0 Å². The number of aliphatic hydroxyl groups excluding tert-OH is 1. The van der Waals surface area contributed by atoms with Crippen LogP contribution in [-0.4, -0.2) is 46.4 Å². The number of rotatable bonds is 7. The number of carbonyl (C=O) groups excluding carboxylic acids is 2. The summed E-state index contributed by atoms with van der Waals surface area (Å²) in [4.78, 5) is 35.8. The number of hydrogen-bond donors (Lipinski definition) is 2. The summed E-state index contributed by atoms with van der Waals surface area (Å²) in [5, 5.41) is 21.2. The number of ether oxygens (including phenoxy) is 2. The number of carboxylic acids is 1. The molecule has 0 aromatic heterocycles. The third-order valence-electron chi connectivity index (χ3n) is 12.5. The molecule has 4 rings (SSSR count). The fourth-order valence-electron chi connectivity index (χ4n) is 10.1. The highest BCUT2D eigenvalue weighted by Gasteiger charge is 2.68. The van der Waals surface area contributed by atoms with Crippen molar-refractivity contribution in [3.05, 3.63) is 22.8 Å². The molecule has 0 amide bonds. The van der Waals surface area contributed by atoms with E-state index in [2.05, 4.69) is 41.5 Å². The fraction of sp³-hybridized carbons (Fsp3) is 0.794. The van der Waals surface area contributed by atoms with E-state index in [-0.39, 0.29) is 46.1 Å². The first-order chi connectivity index (χ1) is 18.9. The Labute approximate surface area is 246 Å². The zero-order chi connectivity index (χ0) is 30.7. The second kappa shape index (κ2) is 10.8. The lowest BCUT2D eigenvalue weighted by atomic mass is 9.42. The lowest BCUT2D eigenvalue weighted by Crippen LogP contribution is -2.60. The van der Waals surface area contributed by atoms with Gasteiger partial charge >= 0.3 is 17.9 Å². The Morgan fingerprint density at radius 1 is 1.00 bits per heavy atom. The number of hydrogen-bond acceptors (Lipinski definition) is 6. The molecule has 0 radical (unpaired) electrons. The summed E-state index contributed by atoms with van der Waals surface area (Å²) >= 11 is 0. The Morgan fingerprint density at radius 2 is 1.63 bits per heavy atom. The Balaban J connectivity index is 1.76. The molecule has 0 heterocycles. The minimum absolute atomic E-state index is 0.140. The Morgan fingerprint density at radius 3 is 2.22 bits per heavy atom. The van der Waals surface area contributed by atoms with Crippen LogP contribution in [0.2, 0.25) is 0 Å². The van der Waals surface area contributed by atoms with Crippen molar-refractivity contribution in [2.75, 3.05) is 0 Å². The van der Waals surface area contributed by atoms with Crippen molar-refractivity contribution in [2.45, 2.75) is 132 Å². The third kappa shape index (κ3) is 4.98. The van der Waals surface area contributed by atoms with Crippen LogP contribution in [0.3, 0.4) is 0 Å². The lowest BCUT2D eigenvalue weighted by Gasteiger charge is -2.63. The predicted octanol–water partition coefficient (Wildman–Crippen LogP) is 6.63. The number of allylic oxidation sites excluding steroid dienone is 2. The Kier molecular flexibility index (Phi) is 8.40. The van der Waals surface area contributed by atoms with Crippen molar-refractivity contribution in [3.63, 3.8) is 0 Å². The summed E-state index contributed by atoms with van der Waals surface area (Å²) < 4.78 is 12.0. The van der Waals surface area contributed by atoms with Crippen LogP contribution in [0.15, 0.2) is 22.8 Å². The molecular weight excluding hydrogens is 520 g/mol. The van der Waals surface area contributed by atoms with E-state index in [9.17, 15) is 24.6 Å². The molecule has 41 heavy (non-hydrogen) atoms. The van der Waals surface area contributed by atoms with Gasteiger partial charge in [0, 0.05) is 30.3 Å². The largest absolute Gasteiger partial charge is 0.478 e. The van der Waals surface area contributed by atoms with Crippen LogP contribution in [0.25, 0.3) is 0 Å². The summed E-state index contributed by atoms with van der Waals surface area (Å²) in [5.41, 5.74) is 1.68. The molecular formula is C34H52O7. The van der Waals surface area contributed by atoms with Crippen molar-refractivity contribution in [3.8, 4) is 0 Å². The van der Waals surface area contributed by atoms with Gasteiger partial charge in [-0.25, -0.2) is 4.79 Å². The highest BCUT2D eigenvalue weighted by Crippen LogP contribution is 2.73. The van der Waals surface area contributed by atoms with E-state index in [1.165, 1.54) is 19.4 Å². The van der Waals surface area contributed by atoms with Crippen LogP contribution in [0.5, 0.6) is 0 Å². The van der Waals surface area contributed by atoms with Crippen molar-refractivity contribution in [1.29, 1.82) is 0 Å². The summed E-state index contributed by atoms with van der Waals surface area (Å²) in [7, 11) is 0. The molecule has 4 aliphatic carbocycles. The lowest BCUT2D eigenvalue weighted by molar-refractivity contribution is -0.173. The average molecular weight is 573 g/mol. The van der Waals surface area contributed by atoms with Gasteiger partial charge < -0.3 is 19.7 Å². The van der Waals surface area contributed by atoms with E-state index >= 15 is 0 Å². The minimum Gasteiger partial charge on any atom is -0.478 e. The number of aliphatic hydroxyl groups is 1. The second-order valence-corrected chi connectivity index (χ2v) is 14.9. The topological polar surface area (TPSA) is 110 Å². The van der Waals surface area contributed by atoms with E-state index in [1.54, 1.807) is 13.0 Å². The first-order valence-corrected chi connectivity index (χ1v) is 15.6. The first kappa shape index (κ1) is 31.8. The van der Waals surface area contributed by atoms with Crippen LogP contribution < -0.4 is 0 Å². The first-order valence-electron chi connectivity index (χ1n) is 15.6.